The number of methoxy groups -OCH3 is 2. The fourth-order valence-corrected chi connectivity index (χ4v) is 5.94. The highest BCUT2D eigenvalue weighted by Gasteiger charge is 2.34. The summed E-state index contributed by atoms with van der Waals surface area (Å²) in [4.78, 5) is 26.8. The molecule has 15 heteroatoms. The van der Waals surface area contributed by atoms with Crippen LogP contribution >= 0.6 is 23.2 Å². The molecule has 1 aromatic heterocycles. The second-order valence-corrected chi connectivity index (χ2v) is 14.6. The number of nitrogens with zero attached hydrogens (tertiary/aromatic N) is 2. The van der Waals surface area contributed by atoms with E-state index in [1.54, 1.807) is 39.0 Å². The maximum atomic E-state index is 13.7. The Bertz CT molecular complexity index is 1730. The lowest BCUT2D eigenvalue weighted by Crippen LogP contribution is -2.40. The van der Waals surface area contributed by atoms with E-state index in [0.717, 1.165) is 31.5 Å². The minimum absolute atomic E-state index is 0.00492. The van der Waals surface area contributed by atoms with Crippen LogP contribution in [0.25, 0.3) is 0 Å². The Morgan fingerprint density at radius 2 is 1.64 bits per heavy atom. The topological polar surface area (TPSA) is 145 Å². The molecule has 1 atom stereocenters. The van der Waals surface area contributed by atoms with Crippen molar-refractivity contribution in [3.63, 3.8) is 0 Å². The lowest BCUT2D eigenvalue weighted by atomic mass is 10.0. The summed E-state index contributed by atoms with van der Waals surface area (Å²) in [6.07, 6.45) is 2.86. The van der Waals surface area contributed by atoms with Crippen molar-refractivity contribution in [2.24, 2.45) is 5.92 Å². The molecular formula is C32H36Cl2N2O10S. The van der Waals surface area contributed by atoms with E-state index >= 15 is 0 Å². The third kappa shape index (κ3) is 9.33. The minimum atomic E-state index is -4.19. The first-order valence-corrected chi connectivity index (χ1v) is 17.1. The molecule has 1 fully saturated rings. The van der Waals surface area contributed by atoms with Crippen molar-refractivity contribution in [1.29, 1.82) is 0 Å². The number of anilines is 1. The molecule has 1 heterocycles. The van der Waals surface area contributed by atoms with E-state index in [9.17, 15) is 23.2 Å². The highest BCUT2D eigenvalue weighted by Crippen LogP contribution is 2.38. The summed E-state index contributed by atoms with van der Waals surface area (Å²) in [6, 6.07) is 8.87. The summed E-state index contributed by atoms with van der Waals surface area (Å²) < 4.78 is 54.8. The van der Waals surface area contributed by atoms with E-state index in [1.807, 2.05) is 0 Å². The van der Waals surface area contributed by atoms with Gasteiger partial charge in [0.25, 0.3) is 0 Å². The number of sulfonamides is 1. The Hall–Kier alpha value is -3.94. The van der Waals surface area contributed by atoms with Crippen molar-refractivity contribution in [1.82, 2.24) is 0 Å². The minimum Gasteiger partial charge on any atom is -0.619 e. The number of rotatable bonds is 12. The van der Waals surface area contributed by atoms with Gasteiger partial charge in [-0.15, -0.1) is 0 Å². The molecule has 0 bridgehead atoms. The Morgan fingerprint density at radius 1 is 1.00 bits per heavy atom. The largest absolute Gasteiger partial charge is 0.619 e. The quantitative estimate of drug-likeness (QED) is 0.120. The van der Waals surface area contributed by atoms with E-state index in [2.05, 4.69) is 0 Å². The standard InChI is InChI=1S/C32H36Cl2N2O10S/c1-32(2,3)46-31(38)36(47(6,40)41)25-11-9-21(14-28(25)44-18-19-7-8-19)30(37)45-27(15-22-23(33)16-35(39)17-24(22)34)20-10-12-26(42-4)29(13-20)43-5/h9-14,16-17,19,27H,7-8,15,18H2,1-6H3. The van der Waals surface area contributed by atoms with Gasteiger partial charge in [-0.2, -0.15) is 9.04 Å². The summed E-state index contributed by atoms with van der Waals surface area (Å²) in [5.74, 6) is 0.237. The highest BCUT2D eigenvalue weighted by molar-refractivity contribution is 7.92. The lowest BCUT2D eigenvalue weighted by Gasteiger charge is -2.27. The van der Waals surface area contributed by atoms with Gasteiger partial charge < -0.3 is 28.9 Å². The van der Waals surface area contributed by atoms with Crippen molar-refractivity contribution < 1.29 is 46.4 Å². The third-order valence-corrected chi connectivity index (χ3v) is 8.61. The van der Waals surface area contributed by atoms with Crippen LogP contribution in [0.2, 0.25) is 10.0 Å². The van der Waals surface area contributed by atoms with Crippen molar-refractivity contribution in [2.45, 2.75) is 51.7 Å². The highest BCUT2D eigenvalue weighted by atomic mass is 35.5. The fraction of sp³-hybridized carbons (Fsp3) is 0.406. The maximum Gasteiger partial charge on any atom is 0.429 e. The molecule has 0 saturated heterocycles. The lowest BCUT2D eigenvalue weighted by molar-refractivity contribution is -0.605. The Balaban J connectivity index is 1.75. The zero-order chi connectivity index (χ0) is 34.7. The predicted molar refractivity (Wildman–Crippen MR) is 175 cm³/mol. The molecule has 0 N–H and O–H groups in total. The van der Waals surface area contributed by atoms with Crippen LogP contribution in [0.5, 0.6) is 17.2 Å². The summed E-state index contributed by atoms with van der Waals surface area (Å²) in [7, 11) is -1.25. The number of carbonyl (C=O) groups is 2. The average Bonchev–Trinajstić information content (AvgIpc) is 3.80. The number of aromatic nitrogens is 1. The molecule has 3 aromatic rings. The van der Waals surface area contributed by atoms with E-state index in [0.29, 0.717) is 31.7 Å². The van der Waals surface area contributed by atoms with Crippen molar-refractivity contribution >= 4 is 51.0 Å². The van der Waals surface area contributed by atoms with Gasteiger partial charge in [0.1, 0.15) is 33.2 Å². The van der Waals surface area contributed by atoms with Crippen LogP contribution in [0.15, 0.2) is 48.8 Å². The van der Waals surface area contributed by atoms with Crippen molar-refractivity contribution in [3.05, 3.63) is 80.7 Å². The molecule has 1 aliphatic rings. The van der Waals surface area contributed by atoms with Gasteiger partial charge in [0, 0.05) is 12.0 Å². The van der Waals surface area contributed by atoms with Gasteiger partial charge in [0.05, 0.1) is 32.6 Å². The van der Waals surface area contributed by atoms with E-state index < -0.39 is 33.8 Å². The van der Waals surface area contributed by atoms with E-state index in [1.165, 1.54) is 32.4 Å². The molecule has 1 saturated carbocycles. The van der Waals surface area contributed by atoms with Gasteiger partial charge in [0.15, 0.2) is 23.9 Å². The number of carbonyl (C=O) groups excluding carboxylic acids is 2. The Labute approximate surface area is 283 Å². The summed E-state index contributed by atoms with van der Waals surface area (Å²) in [5, 5.41) is 12.0. The molecule has 47 heavy (non-hydrogen) atoms. The number of pyridine rings is 1. The fourth-order valence-electron chi connectivity index (χ4n) is 4.52. The van der Waals surface area contributed by atoms with Crippen molar-refractivity contribution in [3.8, 4) is 17.2 Å². The second kappa shape index (κ2) is 14.4. The molecule has 12 nitrogen and oxygen atoms in total. The van der Waals surface area contributed by atoms with Crippen LogP contribution in [0.1, 0.15) is 61.2 Å². The van der Waals surface area contributed by atoms with Crippen LogP contribution in [0.3, 0.4) is 0 Å². The number of amides is 1. The predicted octanol–water partition coefficient (Wildman–Crippen LogP) is 6.27. The van der Waals surface area contributed by atoms with Gasteiger partial charge in [-0.25, -0.2) is 18.0 Å². The number of halogens is 2. The number of hydrogen-bond donors (Lipinski definition) is 0. The van der Waals surface area contributed by atoms with Crippen LogP contribution in [0.4, 0.5) is 10.5 Å². The smallest absolute Gasteiger partial charge is 0.429 e. The van der Waals surface area contributed by atoms with Crippen molar-refractivity contribution in [2.75, 3.05) is 31.4 Å². The van der Waals surface area contributed by atoms with Gasteiger partial charge in [-0.3, -0.25) is 0 Å². The first-order valence-electron chi connectivity index (χ1n) is 14.5. The molecule has 1 unspecified atom stereocenters. The Morgan fingerprint density at radius 3 is 2.19 bits per heavy atom. The summed E-state index contributed by atoms with van der Waals surface area (Å²) in [6.45, 7) is 5.07. The third-order valence-electron chi connectivity index (χ3n) is 6.95. The van der Waals surface area contributed by atoms with E-state index in [-0.39, 0.29) is 46.0 Å². The van der Waals surface area contributed by atoms with Crippen LogP contribution in [-0.4, -0.2) is 53.2 Å². The van der Waals surface area contributed by atoms with Crippen LogP contribution in [-0.2, 0) is 25.9 Å². The molecule has 1 aliphatic carbocycles. The zero-order valence-corrected chi connectivity index (χ0v) is 29.1. The SMILES string of the molecule is COc1ccc(C(Cc2c(Cl)c[n+]([O-])cc2Cl)OC(=O)c2ccc(N(C(=O)OC(C)(C)C)S(C)(=O)=O)c(OCC3CC3)c2)cc1OC. The molecule has 2 aromatic carbocycles. The number of ether oxygens (including phenoxy) is 5. The molecule has 254 valence electrons. The van der Waals surface area contributed by atoms with Gasteiger partial charge in [-0.1, -0.05) is 29.3 Å². The first-order chi connectivity index (χ1) is 22.0. The summed E-state index contributed by atoms with van der Waals surface area (Å²) in [5.41, 5.74) is -0.249. The van der Waals surface area contributed by atoms with Crippen LogP contribution in [0, 0.1) is 11.1 Å². The van der Waals surface area contributed by atoms with E-state index in [4.69, 9.17) is 46.9 Å². The maximum absolute atomic E-state index is 13.7. The molecule has 4 rings (SSSR count). The number of benzene rings is 2. The average molecular weight is 712 g/mol. The molecular weight excluding hydrogens is 675 g/mol. The number of esters is 1. The Kier molecular flexibility index (Phi) is 11.0. The second-order valence-electron chi connectivity index (χ2n) is 11.9. The van der Waals surface area contributed by atoms with Gasteiger partial charge in [0.2, 0.25) is 10.0 Å². The molecule has 0 aliphatic heterocycles. The molecule has 1 amide bonds. The van der Waals surface area contributed by atoms with Gasteiger partial charge in [-0.05, 0) is 75.4 Å². The normalized spacial score (nSPS) is 13.8. The van der Waals surface area contributed by atoms with Gasteiger partial charge >= 0.3 is 12.1 Å². The first kappa shape index (κ1) is 35.9. The summed E-state index contributed by atoms with van der Waals surface area (Å²) >= 11 is 12.7. The molecule has 0 radical (unpaired) electrons. The molecule has 0 spiro atoms. The monoisotopic (exact) mass is 710 g/mol. The van der Waals surface area contributed by atoms with Crippen LogP contribution < -0.4 is 23.2 Å². The number of hydrogen-bond acceptors (Lipinski definition) is 10. The zero-order valence-electron chi connectivity index (χ0n) is 26.7.